The highest BCUT2D eigenvalue weighted by molar-refractivity contribution is 5.90. The molecule has 3 aromatic rings. The maximum absolute atomic E-state index is 13.2. The minimum Gasteiger partial charge on any atom is -0.484 e. The molecule has 1 fully saturated rings. The predicted molar refractivity (Wildman–Crippen MR) is 161 cm³/mol. The van der Waals surface area contributed by atoms with E-state index in [4.69, 9.17) is 19.4 Å². The van der Waals surface area contributed by atoms with Crippen LogP contribution < -0.4 is 9.64 Å². The molecule has 1 aromatic heterocycles. The van der Waals surface area contributed by atoms with Crippen molar-refractivity contribution in [2.24, 2.45) is 5.92 Å². The van der Waals surface area contributed by atoms with Crippen LogP contribution in [0, 0.1) is 12.8 Å². The molecule has 0 spiro atoms. The van der Waals surface area contributed by atoms with E-state index in [1.807, 2.05) is 58.0 Å². The number of hydrogen-bond donors (Lipinski definition) is 0. The van der Waals surface area contributed by atoms with Gasteiger partial charge < -0.3 is 14.4 Å². The Hall–Kier alpha value is -3.41. The lowest BCUT2D eigenvalue weighted by atomic mass is 9.86. The van der Waals surface area contributed by atoms with Crippen molar-refractivity contribution in [3.05, 3.63) is 82.9 Å². The van der Waals surface area contributed by atoms with Crippen molar-refractivity contribution in [3.8, 4) is 5.75 Å². The fourth-order valence-electron chi connectivity index (χ4n) is 5.33. The summed E-state index contributed by atoms with van der Waals surface area (Å²) in [7, 11) is 0. The fraction of sp³-hybridized carbons (Fsp3) is 0.500. The molecule has 0 unspecified atom stereocenters. The SMILES string of the molecule is Cc1nc(C[C@H]2CCN(c3ccc(C(C)(C)C)cc3)[C@H](C)C2)nc(C(=O)OC(C)(C)C)c1OCc1ccccc1. The number of aromatic nitrogens is 2. The summed E-state index contributed by atoms with van der Waals surface area (Å²) in [6.45, 7) is 17.8. The molecule has 0 radical (unpaired) electrons. The van der Waals surface area contributed by atoms with Crippen LogP contribution in [0.15, 0.2) is 54.6 Å². The molecule has 1 aliphatic rings. The van der Waals surface area contributed by atoms with Crippen molar-refractivity contribution >= 4 is 11.7 Å². The van der Waals surface area contributed by atoms with Crippen molar-refractivity contribution in [2.75, 3.05) is 11.4 Å². The molecule has 2 heterocycles. The summed E-state index contributed by atoms with van der Waals surface area (Å²) in [5.41, 5.74) is 4.01. The van der Waals surface area contributed by atoms with Crippen LogP contribution in [0.2, 0.25) is 0 Å². The van der Waals surface area contributed by atoms with E-state index in [0.717, 1.165) is 31.4 Å². The van der Waals surface area contributed by atoms with Gasteiger partial charge in [0.15, 0.2) is 11.4 Å². The third-order valence-corrected chi connectivity index (χ3v) is 7.42. The summed E-state index contributed by atoms with van der Waals surface area (Å²) in [4.78, 5) is 25.3. The third-order valence-electron chi connectivity index (χ3n) is 7.42. The van der Waals surface area contributed by atoms with Gasteiger partial charge in [-0.3, -0.25) is 0 Å². The molecule has 1 saturated heterocycles. The molecule has 1 aliphatic heterocycles. The van der Waals surface area contributed by atoms with E-state index in [1.165, 1.54) is 11.3 Å². The summed E-state index contributed by atoms with van der Waals surface area (Å²) in [6.07, 6.45) is 2.80. The van der Waals surface area contributed by atoms with Gasteiger partial charge in [-0.15, -0.1) is 0 Å². The number of carbonyl (C=O) groups excluding carboxylic acids is 1. The van der Waals surface area contributed by atoms with E-state index < -0.39 is 11.6 Å². The summed E-state index contributed by atoms with van der Waals surface area (Å²) >= 11 is 0. The molecule has 0 aliphatic carbocycles. The minimum absolute atomic E-state index is 0.148. The van der Waals surface area contributed by atoms with Crippen molar-refractivity contribution in [1.82, 2.24) is 9.97 Å². The van der Waals surface area contributed by atoms with Gasteiger partial charge in [0.2, 0.25) is 0 Å². The first kappa shape index (κ1) is 29.6. The lowest BCUT2D eigenvalue weighted by Crippen LogP contribution is -2.41. The Balaban J connectivity index is 1.49. The minimum atomic E-state index is -0.639. The van der Waals surface area contributed by atoms with Gasteiger partial charge in [0.25, 0.3) is 0 Å². The van der Waals surface area contributed by atoms with Crippen LogP contribution in [0.5, 0.6) is 5.75 Å². The zero-order valence-corrected chi connectivity index (χ0v) is 25.5. The standard InChI is InChI=1S/C34H45N3O3/c1-23-20-26(18-19-37(23)28-16-14-27(15-17-28)33(3,4)5)21-29-35-24(2)31(39-22-25-12-10-9-11-13-25)30(36-29)32(38)40-34(6,7)8/h9-17,23,26H,18-22H2,1-8H3/t23-,26+/m1/s1. The number of ether oxygens (including phenoxy) is 2. The zero-order valence-electron chi connectivity index (χ0n) is 25.5. The lowest BCUT2D eigenvalue weighted by molar-refractivity contribution is 0.00572. The number of rotatable bonds is 7. The number of nitrogens with zero attached hydrogens (tertiary/aromatic N) is 3. The maximum Gasteiger partial charge on any atom is 0.361 e. The molecule has 2 aromatic carbocycles. The number of carbonyl (C=O) groups is 1. The molecule has 0 bridgehead atoms. The largest absolute Gasteiger partial charge is 0.484 e. The fourth-order valence-corrected chi connectivity index (χ4v) is 5.33. The van der Waals surface area contributed by atoms with Gasteiger partial charge in [-0.2, -0.15) is 0 Å². The zero-order chi connectivity index (χ0) is 29.1. The summed E-state index contributed by atoms with van der Waals surface area (Å²) < 4.78 is 11.8. The van der Waals surface area contributed by atoms with Gasteiger partial charge in [-0.1, -0.05) is 63.2 Å². The topological polar surface area (TPSA) is 64.6 Å². The van der Waals surface area contributed by atoms with Crippen LogP contribution >= 0.6 is 0 Å². The van der Waals surface area contributed by atoms with Gasteiger partial charge in [0.1, 0.15) is 18.0 Å². The number of esters is 1. The molecule has 2 atom stereocenters. The van der Waals surface area contributed by atoms with Crippen LogP contribution in [0.25, 0.3) is 0 Å². The van der Waals surface area contributed by atoms with Crippen LogP contribution in [-0.2, 0) is 23.2 Å². The molecule has 40 heavy (non-hydrogen) atoms. The van der Waals surface area contributed by atoms with Crippen LogP contribution in [0.3, 0.4) is 0 Å². The Bertz CT molecular complexity index is 1290. The Morgan fingerprint density at radius 1 is 0.975 bits per heavy atom. The first-order valence-electron chi connectivity index (χ1n) is 14.4. The molecule has 0 saturated carbocycles. The summed E-state index contributed by atoms with van der Waals surface area (Å²) in [5.74, 6) is 1.01. The summed E-state index contributed by atoms with van der Waals surface area (Å²) in [5, 5.41) is 0. The second-order valence-electron chi connectivity index (χ2n) is 13.1. The van der Waals surface area contributed by atoms with Gasteiger partial charge in [-0.05, 0) is 82.1 Å². The average Bonchev–Trinajstić information content (AvgIpc) is 2.87. The van der Waals surface area contributed by atoms with E-state index in [2.05, 4.69) is 56.9 Å². The van der Waals surface area contributed by atoms with Gasteiger partial charge in [-0.25, -0.2) is 14.8 Å². The van der Waals surface area contributed by atoms with E-state index >= 15 is 0 Å². The normalized spacial score (nSPS) is 17.9. The number of aryl methyl sites for hydroxylation is 1. The lowest BCUT2D eigenvalue weighted by Gasteiger charge is -2.39. The second kappa shape index (κ2) is 12.0. The highest BCUT2D eigenvalue weighted by Crippen LogP contribution is 2.32. The van der Waals surface area contributed by atoms with E-state index in [9.17, 15) is 4.79 Å². The molecule has 6 nitrogen and oxygen atoms in total. The van der Waals surface area contributed by atoms with Crippen LogP contribution in [0.1, 0.15) is 94.4 Å². The van der Waals surface area contributed by atoms with Crippen molar-refractivity contribution in [1.29, 1.82) is 0 Å². The average molecular weight is 544 g/mol. The first-order chi connectivity index (χ1) is 18.8. The quantitative estimate of drug-likeness (QED) is 0.288. The number of benzene rings is 2. The Morgan fingerprint density at radius 3 is 2.25 bits per heavy atom. The monoisotopic (exact) mass is 543 g/mol. The summed E-state index contributed by atoms with van der Waals surface area (Å²) in [6, 6.07) is 19.3. The first-order valence-corrected chi connectivity index (χ1v) is 14.4. The van der Waals surface area contributed by atoms with Crippen molar-refractivity contribution < 1.29 is 14.3 Å². The van der Waals surface area contributed by atoms with Gasteiger partial charge in [0, 0.05) is 24.7 Å². The van der Waals surface area contributed by atoms with Gasteiger partial charge in [0.05, 0.1) is 5.69 Å². The smallest absolute Gasteiger partial charge is 0.361 e. The van der Waals surface area contributed by atoms with Crippen LogP contribution in [-0.4, -0.2) is 34.1 Å². The van der Waals surface area contributed by atoms with Crippen molar-refractivity contribution in [2.45, 2.75) is 98.3 Å². The third kappa shape index (κ3) is 7.61. The molecule has 214 valence electrons. The predicted octanol–water partition coefficient (Wildman–Crippen LogP) is 7.46. The van der Waals surface area contributed by atoms with E-state index in [0.29, 0.717) is 35.8 Å². The highest BCUT2D eigenvalue weighted by Gasteiger charge is 2.29. The molecular weight excluding hydrogens is 498 g/mol. The van der Waals surface area contributed by atoms with Crippen molar-refractivity contribution in [3.63, 3.8) is 0 Å². The Labute approximate surface area is 240 Å². The number of hydrogen-bond acceptors (Lipinski definition) is 6. The number of anilines is 1. The number of piperidine rings is 1. The molecule has 6 heteroatoms. The maximum atomic E-state index is 13.2. The highest BCUT2D eigenvalue weighted by atomic mass is 16.6. The Kier molecular flexibility index (Phi) is 8.86. The molecule has 4 rings (SSSR count). The molecule has 0 N–H and O–H groups in total. The second-order valence-corrected chi connectivity index (χ2v) is 13.1. The molecular formula is C34H45N3O3. The Morgan fingerprint density at radius 2 is 1.65 bits per heavy atom. The molecule has 0 amide bonds. The van der Waals surface area contributed by atoms with E-state index in [-0.39, 0.29) is 11.1 Å². The van der Waals surface area contributed by atoms with Crippen LogP contribution in [0.4, 0.5) is 5.69 Å². The van der Waals surface area contributed by atoms with E-state index in [1.54, 1.807) is 0 Å². The van der Waals surface area contributed by atoms with Gasteiger partial charge >= 0.3 is 5.97 Å².